The molecule has 0 spiro atoms. The van der Waals surface area contributed by atoms with Gasteiger partial charge in [0.25, 0.3) is 0 Å². The van der Waals surface area contributed by atoms with Gasteiger partial charge in [0, 0.05) is 12.1 Å². The first-order chi connectivity index (χ1) is 13.7. The lowest BCUT2D eigenvalue weighted by Crippen LogP contribution is -2.24. The van der Waals surface area contributed by atoms with E-state index in [0.29, 0.717) is 17.3 Å². The standard InChI is InChI=1S/C21H19N3O3S/c1-14-2-5-16(6-3-14)17-7-9-21(24-23-17)28-12-20(25)22-11-15-4-8-18-19(10-15)27-13-26-18/h2-10H,11-13H2,1H3,(H,22,25). The number of amides is 1. The molecule has 142 valence electrons. The van der Waals surface area contributed by atoms with Crippen molar-refractivity contribution in [1.29, 1.82) is 0 Å². The molecule has 0 saturated carbocycles. The summed E-state index contributed by atoms with van der Waals surface area (Å²) in [4.78, 5) is 12.1. The number of carbonyl (C=O) groups is 1. The Morgan fingerprint density at radius 2 is 1.86 bits per heavy atom. The average molecular weight is 393 g/mol. The van der Waals surface area contributed by atoms with E-state index in [1.54, 1.807) is 0 Å². The van der Waals surface area contributed by atoms with E-state index in [0.717, 1.165) is 22.6 Å². The molecule has 1 aromatic heterocycles. The molecule has 2 aromatic carbocycles. The molecule has 0 bridgehead atoms. The number of ether oxygens (including phenoxy) is 2. The van der Waals surface area contributed by atoms with Crippen molar-refractivity contribution < 1.29 is 14.3 Å². The van der Waals surface area contributed by atoms with Gasteiger partial charge >= 0.3 is 0 Å². The van der Waals surface area contributed by atoms with Crippen LogP contribution in [0.1, 0.15) is 11.1 Å². The molecule has 0 unspecified atom stereocenters. The molecule has 4 rings (SSSR count). The third-order valence-corrected chi connectivity index (χ3v) is 5.19. The fourth-order valence-electron chi connectivity index (χ4n) is 2.72. The van der Waals surface area contributed by atoms with E-state index in [1.807, 2.05) is 61.5 Å². The van der Waals surface area contributed by atoms with Crippen molar-refractivity contribution in [1.82, 2.24) is 15.5 Å². The number of carbonyl (C=O) groups excluding carboxylic acids is 1. The van der Waals surface area contributed by atoms with Crippen LogP contribution in [0.25, 0.3) is 11.3 Å². The highest BCUT2D eigenvalue weighted by atomic mass is 32.2. The number of rotatable bonds is 6. The smallest absolute Gasteiger partial charge is 0.231 e. The number of hydrogen-bond donors (Lipinski definition) is 1. The van der Waals surface area contributed by atoms with Crippen molar-refractivity contribution in [3.63, 3.8) is 0 Å². The maximum Gasteiger partial charge on any atom is 0.231 e. The predicted octanol–water partition coefficient (Wildman–Crippen LogP) is 3.59. The molecule has 1 amide bonds. The number of hydrogen-bond acceptors (Lipinski definition) is 6. The first-order valence-corrected chi connectivity index (χ1v) is 9.85. The fourth-order valence-corrected chi connectivity index (χ4v) is 3.36. The van der Waals surface area contributed by atoms with Crippen molar-refractivity contribution >= 4 is 17.7 Å². The number of aryl methyl sites for hydroxylation is 1. The monoisotopic (exact) mass is 393 g/mol. The van der Waals surface area contributed by atoms with Crippen molar-refractivity contribution in [2.75, 3.05) is 12.5 Å². The molecule has 1 N–H and O–H groups in total. The minimum Gasteiger partial charge on any atom is -0.454 e. The Hall–Kier alpha value is -3.06. The zero-order valence-corrected chi connectivity index (χ0v) is 16.2. The van der Waals surface area contributed by atoms with Crippen molar-refractivity contribution in [2.45, 2.75) is 18.5 Å². The van der Waals surface area contributed by atoms with Gasteiger partial charge in [-0.15, -0.1) is 10.2 Å². The summed E-state index contributed by atoms with van der Waals surface area (Å²) in [6.45, 7) is 2.73. The predicted molar refractivity (Wildman–Crippen MR) is 107 cm³/mol. The molecule has 0 atom stereocenters. The Labute approximate surface area is 167 Å². The normalized spacial score (nSPS) is 12.0. The Morgan fingerprint density at radius 1 is 1.04 bits per heavy atom. The summed E-state index contributed by atoms with van der Waals surface area (Å²) in [5.74, 6) is 1.67. The summed E-state index contributed by atoms with van der Waals surface area (Å²) >= 11 is 1.36. The van der Waals surface area contributed by atoms with E-state index in [1.165, 1.54) is 17.3 Å². The van der Waals surface area contributed by atoms with Gasteiger partial charge in [-0.05, 0) is 36.8 Å². The van der Waals surface area contributed by atoms with Gasteiger partial charge in [0.2, 0.25) is 12.7 Å². The topological polar surface area (TPSA) is 73.3 Å². The molecule has 2 heterocycles. The Balaban J connectivity index is 1.27. The largest absolute Gasteiger partial charge is 0.454 e. The summed E-state index contributed by atoms with van der Waals surface area (Å²) in [5, 5.41) is 12.1. The highest BCUT2D eigenvalue weighted by Gasteiger charge is 2.13. The summed E-state index contributed by atoms with van der Waals surface area (Å²) in [6.07, 6.45) is 0. The van der Waals surface area contributed by atoms with Gasteiger partial charge in [-0.1, -0.05) is 47.7 Å². The Bertz CT molecular complexity index is 975. The van der Waals surface area contributed by atoms with Crippen LogP contribution in [-0.2, 0) is 11.3 Å². The van der Waals surface area contributed by atoms with Crippen molar-refractivity contribution in [3.05, 3.63) is 65.7 Å². The van der Waals surface area contributed by atoms with Crippen LogP contribution in [0.3, 0.4) is 0 Å². The molecular formula is C21H19N3O3S. The number of fused-ring (bicyclic) bond motifs is 1. The summed E-state index contributed by atoms with van der Waals surface area (Å²) in [5.41, 5.74) is 4.01. The first kappa shape index (κ1) is 18.3. The molecule has 0 aliphatic carbocycles. The van der Waals surface area contributed by atoms with Gasteiger partial charge in [0.15, 0.2) is 11.5 Å². The summed E-state index contributed by atoms with van der Waals surface area (Å²) in [7, 11) is 0. The molecule has 6 nitrogen and oxygen atoms in total. The van der Waals surface area contributed by atoms with Crippen LogP contribution in [0.2, 0.25) is 0 Å². The number of thioether (sulfide) groups is 1. The maximum atomic E-state index is 12.1. The second kappa shape index (κ2) is 8.31. The highest BCUT2D eigenvalue weighted by Crippen LogP contribution is 2.32. The van der Waals surface area contributed by atoms with Crippen LogP contribution < -0.4 is 14.8 Å². The van der Waals surface area contributed by atoms with Crippen molar-refractivity contribution in [2.24, 2.45) is 0 Å². The van der Waals surface area contributed by atoms with E-state index in [9.17, 15) is 4.79 Å². The quantitative estimate of drug-likeness (QED) is 0.645. The molecule has 0 fully saturated rings. The molecule has 28 heavy (non-hydrogen) atoms. The molecule has 0 saturated heterocycles. The zero-order valence-electron chi connectivity index (χ0n) is 15.3. The van der Waals surface area contributed by atoms with E-state index >= 15 is 0 Å². The Kier molecular flexibility index (Phi) is 5.43. The van der Waals surface area contributed by atoms with E-state index < -0.39 is 0 Å². The molecule has 1 aliphatic heterocycles. The van der Waals surface area contributed by atoms with Gasteiger partial charge in [0.1, 0.15) is 5.03 Å². The second-order valence-corrected chi connectivity index (χ2v) is 7.37. The van der Waals surface area contributed by atoms with Crippen LogP contribution in [0.4, 0.5) is 0 Å². The molecule has 3 aromatic rings. The van der Waals surface area contributed by atoms with Gasteiger partial charge in [-0.25, -0.2) is 0 Å². The third kappa shape index (κ3) is 4.43. The lowest BCUT2D eigenvalue weighted by molar-refractivity contribution is -0.118. The number of benzene rings is 2. The summed E-state index contributed by atoms with van der Waals surface area (Å²) < 4.78 is 10.6. The number of nitrogens with zero attached hydrogens (tertiary/aromatic N) is 2. The van der Waals surface area contributed by atoms with E-state index in [-0.39, 0.29) is 18.5 Å². The second-order valence-electron chi connectivity index (χ2n) is 6.38. The lowest BCUT2D eigenvalue weighted by atomic mass is 10.1. The number of nitrogens with one attached hydrogen (secondary N) is 1. The third-order valence-electron chi connectivity index (χ3n) is 4.27. The fraction of sp³-hybridized carbons (Fsp3) is 0.190. The SMILES string of the molecule is Cc1ccc(-c2ccc(SCC(=O)NCc3ccc4c(c3)OCO4)nn2)cc1. The zero-order chi connectivity index (χ0) is 19.3. The lowest BCUT2D eigenvalue weighted by Gasteiger charge is -2.06. The van der Waals surface area contributed by atoms with Crippen LogP contribution in [-0.4, -0.2) is 28.7 Å². The minimum atomic E-state index is -0.0629. The number of aromatic nitrogens is 2. The molecule has 1 aliphatic rings. The summed E-state index contributed by atoms with van der Waals surface area (Å²) in [6, 6.07) is 17.6. The van der Waals surface area contributed by atoms with Crippen LogP contribution in [0.15, 0.2) is 59.6 Å². The van der Waals surface area contributed by atoms with Crippen LogP contribution in [0, 0.1) is 6.92 Å². The van der Waals surface area contributed by atoms with E-state index in [2.05, 4.69) is 15.5 Å². The average Bonchev–Trinajstić information content (AvgIpc) is 3.19. The highest BCUT2D eigenvalue weighted by molar-refractivity contribution is 7.99. The maximum absolute atomic E-state index is 12.1. The van der Waals surface area contributed by atoms with Gasteiger partial charge in [0.05, 0.1) is 11.4 Å². The molecular weight excluding hydrogens is 374 g/mol. The molecule has 7 heteroatoms. The van der Waals surface area contributed by atoms with Crippen LogP contribution in [0.5, 0.6) is 11.5 Å². The van der Waals surface area contributed by atoms with Crippen molar-refractivity contribution in [3.8, 4) is 22.8 Å². The van der Waals surface area contributed by atoms with Gasteiger partial charge in [-0.3, -0.25) is 4.79 Å². The van der Waals surface area contributed by atoms with E-state index in [4.69, 9.17) is 9.47 Å². The van der Waals surface area contributed by atoms with Crippen LogP contribution >= 0.6 is 11.8 Å². The first-order valence-electron chi connectivity index (χ1n) is 8.86. The Morgan fingerprint density at radius 3 is 2.64 bits per heavy atom. The minimum absolute atomic E-state index is 0.0629. The van der Waals surface area contributed by atoms with Gasteiger partial charge < -0.3 is 14.8 Å². The molecule has 0 radical (unpaired) electrons. The van der Waals surface area contributed by atoms with Gasteiger partial charge in [-0.2, -0.15) is 0 Å².